The Hall–Kier alpha value is -0.900. The average molecular weight is 238 g/mol. The van der Waals surface area contributed by atoms with Crippen LogP contribution in [0.15, 0.2) is 6.33 Å². The molecule has 0 amide bonds. The summed E-state index contributed by atoms with van der Waals surface area (Å²) in [7, 11) is 0. The largest absolute Gasteiger partial charge is 0.316 e. The number of nitrogens with zero attached hydrogens (tertiary/aromatic N) is 3. The minimum absolute atomic E-state index is 0.380. The van der Waals surface area contributed by atoms with Crippen LogP contribution in [0.5, 0.6) is 0 Å². The maximum Gasteiger partial charge on any atom is 0.138 e. The zero-order chi connectivity index (χ0) is 12.8. The second-order valence-corrected chi connectivity index (χ2v) is 5.13. The maximum atomic E-state index is 4.41. The molecule has 98 valence electrons. The van der Waals surface area contributed by atoms with Crippen molar-refractivity contribution >= 4 is 0 Å². The Labute approximate surface area is 105 Å². The van der Waals surface area contributed by atoms with Gasteiger partial charge >= 0.3 is 0 Å². The Morgan fingerprint density at radius 3 is 2.59 bits per heavy atom. The van der Waals surface area contributed by atoms with Crippen LogP contribution in [-0.2, 0) is 0 Å². The van der Waals surface area contributed by atoms with Gasteiger partial charge in [0, 0.05) is 12.0 Å². The zero-order valence-corrected chi connectivity index (χ0v) is 11.8. The van der Waals surface area contributed by atoms with E-state index in [0.29, 0.717) is 17.9 Å². The van der Waals surface area contributed by atoms with Gasteiger partial charge in [0.2, 0.25) is 0 Å². The lowest BCUT2D eigenvalue weighted by Crippen LogP contribution is -2.26. The standard InChI is InChI=1S/C13H26N4/c1-6-7-14-8-11(4)12(5)13-15-9-16-17(13)10(2)3/h9-12,14H,6-8H2,1-5H3. The summed E-state index contributed by atoms with van der Waals surface area (Å²) in [5.41, 5.74) is 0. The third kappa shape index (κ3) is 3.80. The monoisotopic (exact) mass is 238 g/mol. The molecule has 17 heavy (non-hydrogen) atoms. The van der Waals surface area contributed by atoms with Crippen LogP contribution in [-0.4, -0.2) is 27.9 Å². The van der Waals surface area contributed by atoms with Gasteiger partial charge in [-0.3, -0.25) is 0 Å². The minimum atomic E-state index is 0.380. The van der Waals surface area contributed by atoms with E-state index in [0.717, 1.165) is 18.9 Å². The van der Waals surface area contributed by atoms with Gasteiger partial charge in [0.15, 0.2) is 0 Å². The lowest BCUT2D eigenvalue weighted by atomic mass is 9.95. The third-order valence-corrected chi connectivity index (χ3v) is 3.24. The molecule has 4 heteroatoms. The molecular formula is C13H26N4. The fourth-order valence-corrected chi connectivity index (χ4v) is 1.92. The Bertz CT molecular complexity index is 319. The highest BCUT2D eigenvalue weighted by Crippen LogP contribution is 2.23. The molecule has 0 aliphatic rings. The first-order valence-electron chi connectivity index (χ1n) is 6.68. The highest BCUT2D eigenvalue weighted by atomic mass is 15.3. The Kier molecular flexibility index (Phi) is 5.62. The van der Waals surface area contributed by atoms with Crippen molar-refractivity contribution in [1.29, 1.82) is 0 Å². The van der Waals surface area contributed by atoms with E-state index in [-0.39, 0.29) is 0 Å². The quantitative estimate of drug-likeness (QED) is 0.742. The Morgan fingerprint density at radius 2 is 2.00 bits per heavy atom. The predicted octanol–water partition coefficient (Wildman–Crippen LogP) is 2.60. The molecule has 1 heterocycles. The molecule has 0 radical (unpaired) electrons. The summed E-state index contributed by atoms with van der Waals surface area (Å²) in [4.78, 5) is 4.41. The molecule has 0 aliphatic heterocycles. The molecule has 0 aliphatic carbocycles. The van der Waals surface area contributed by atoms with Crippen molar-refractivity contribution in [3.63, 3.8) is 0 Å². The molecule has 4 nitrogen and oxygen atoms in total. The van der Waals surface area contributed by atoms with Gasteiger partial charge in [0.1, 0.15) is 12.2 Å². The first kappa shape index (κ1) is 14.2. The summed E-state index contributed by atoms with van der Waals surface area (Å²) in [5.74, 6) is 2.11. The van der Waals surface area contributed by atoms with Crippen molar-refractivity contribution in [1.82, 2.24) is 20.1 Å². The Morgan fingerprint density at radius 1 is 1.29 bits per heavy atom. The molecule has 2 unspecified atom stereocenters. The molecule has 0 bridgehead atoms. The van der Waals surface area contributed by atoms with E-state index in [1.807, 2.05) is 4.68 Å². The van der Waals surface area contributed by atoms with E-state index in [9.17, 15) is 0 Å². The van der Waals surface area contributed by atoms with Crippen LogP contribution >= 0.6 is 0 Å². The van der Waals surface area contributed by atoms with Crippen molar-refractivity contribution in [3.05, 3.63) is 12.2 Å². The molecule has 1 aromatic rings. The Balaban J connectivity index is 2.61. The lowest BCUT2D eigenvalue weighted by Gasteiger charge is -2.21. The molecule has 0 saturated heterocycles. The second-order valence-electron chi connectivity index (χ2n) is 5.13. The molecule has 0 aromatic carbocycles. The second kappa shape index (κ2) is 6.74. The summed E-state index contributed by atoms with van der Waals surface area (Å²) in [6, 6.07) is 0.380. The average Bonchev–Trinajstić information content (AvgIpc) is 2.77. The molecule has 1 rings (SSSR count). The van der Waals surface area contributed by atoms with Crippen LogP contribution in [0.4, 0.5) is 0 Å². The molecule has 0 spiro atoms. The van der Waals surface area contributed by atoms with Gasteiger partial charge in [-0.25, -0.2) is 9.67 Å². The first-order chi connectivity index (χ1) is 8.07. The van der Waals surface area contributed by atoms with E-state index in [1.165, 1.54) is 6.42 Å². The normalized spacial score (nSPS) is 15.2. The SMILES string of the molecule is CCCNCC(C)C(C)c1ncnn1C(C)C. The molecule has 1 N–H and O–H groups in total. The van der Waals surface area contributed by atoms with Crippen molar-refractivity contribution in [2.75, 3.05) is 13.1 Å². The molecule has 1 aromatic heterocycles. The number of hydrogen-bond donors (Lipinski definition) is 1. The smallest absolute Gasteiger partial charge is 0.138 e. The van der Waals surface area contributed by atoms with Crippen molar-refractivity contribution in [3.8, 4) is 0 Å². The van der Waals surface area contributed by atoms with Crippen LogP contribution in [0.25, 0.3) is 0 Å². The van der Waals surface area contributed by atoms with Gasteiger partial charge in [-0.2, -0.15) is 5.10 Å². The van der Waals surface area contributed by atoms with Gasteiger partial charge in [-0.1, -0.05) is 20.8 Å². The zero-order valence-electron chi connectivity index (χ0n) is 11.8. The number of nitrogens with one attached hydrogen (secondary N) is 1. The third-order valence-electron chi connectivity index (χ3n) is 3.24. The fraction of sp³-hybridized carbons (Fsp3) is 0.846. The van der Waals surface area contributed by atoms with Crippen molar-refractivity contribution < 1.29 is 0 Å². The summed E-state index contributed by atoms with van der Waals surface area (Å²) < 4.78 is 2.03. The van der Waals surface area contributed by atoms with Crippen LogP contribution in [0.1, 0.15) is 58.8 Å². The van der Waals surface area contributed by atoms with Gasteiger partial charge in [0.25, 0.3) is 0 Å². The minimum Gasteiger partial charge on any atom is -0.316 e. The topological polar surface area (TPSA) is 42.7 Å². The first-order valence-corrected chi connectivity index (χ1v) is 6.68. The van der Waals surface area contributed by atoms with Gasteiger partial charge in [0.05, 0.1) is 0 Å². The number of hydrogen-bond acceptors (Lipinski definition) is 3. The van der Waals surface area contributed by atoms with Gasteiger partial charge in [-0.05, 0) is 39.3 Å². The summed E-state index contributed by atoms with van der Waals surface area (Å²) in [6.45, 7) is 13.1. The summed E-state index contributed by atoms with van der Waals surface area (Å²) in [6.07, 6.45) is 2.85. The summed E-state index contributed by atoms with van der Waals surface area (Å²) in [5, 5.41) is 7.77. The van der Waals surface area contributed by atoms with Crippen LogP contribution in [0, 0.1) is 5.92 Å². The molecule has 0 saturated carbocycles. The fourth-order valence-electron chi connectivity index (χ4n) is 1.92. The number of rotatable bonds is 7. The summed E-state index contributed by atoms with van der Waals surface area (Å²) >= 11 is 0. The van der Waals surface area contributed by atoms with Crippen LogP contribution in [0.3, 0.4) is 0 Å². The van der Waals surface area contributed by atoms with E-state index in [1.54, 1.807) is 6.33 Å². The van der Waals surface area contributed by atoms with E-state index in [2.05, 4.69) is 50.0 Å². The highest BCUT2D eigenvalue weighted by molar-refractivity contribution is 4.97. The lowest BCUT2D eigenvalue weighted by molar-refractivity contribution is 0.399. The predicted molar refractivity (Wildman–Crippen MR) is 71.1 cm³/mol. The van der Waals surface area contributed by atoms with E-state index >= 15 is 0 Å². The van der Waals surface area contributed by atoms with Crippen molar-refractivity contribution in [2.45, 2.75) is 53.0 Å². The molecule has 2 atom stereocenters. The number of aromatic nitrogens is 3. The van der Waals surface area contributed by atoms with Crippen LogP contribution in [0.2, 0.25) is 0 Å². The maximum absolute atomic E-state index is 4.41. The van der Waals surface area contributed by atoms with Gasteiger partial charge < -0.3 is 5.32 Å². The molecular weight excluding hydrogens is 212 g/mol. The van der Waals surface area contributed by atoms with Crippen molar-refractivity contribution in [2.24, 2.45) is 5.92 Å². The van der Waals surface area contributed by atoms with E-state index in [4.69, 9.17) is 0 Å². The van der Waals surface area contributed by atoms with E-state index < -0.39 is 0 Å². The van der Waals surface area contributed by atoms with Crippen LogP contribution < -0.4 is 5.32 Å². The highest BCUT2D eigenvalue weighted by Gasteiger charge is 2.20. The van der Waals surface area contributed by atoms with Gasteiger partial charge in [-0.15, -0.1) is 0 Å². The molecule has 0 fully saturated rings.